The van der Waals surface area contributed by atoms with E-state index < -0.39 is 5.92 Å². The van der Waals surface area contributed by atoms with Gasteiger partial charge in [-0.1, -0.05) is 11.8 Å². The molecule has 0 saturated carbocycles. The summed E-state index contributed by atoms with van der Waals surface area (Å²) < 4.78 is 6.87. The number of hydrogen-bond donors (Lipinski definition) is 1. The van der Waals surface area contributed by atoms with E-state index in [0.29, 0.717) is 20.7 Å². The summed E-state index contributed by atoms with van der Waals surface area (Å²) in [4.78, 5) is 17.3. The van der Waals surface area contributed by atoms with Crippen LogP contribution in [0, 0.1) is 5.41 Å². The molecular formula is C15H10Br2N2O2S2. The van der Waals surface area contributed by atoms with Gasteiger partial charge in [0, 0.05) is 11.6 Å². The summed E-state index contributed by atoms with van der Waals surface area (Å²) in [5, 5.41) is 10.9. The number of nitrogens with one attached hydrogen (secondary N) is 1. The van der Waals surface area contributed by atoms with Crippen LogP contribution in [0.4, 0.5) is 0 Å². The maximum Gasteiger partial charge on any atom is 0.186 e. The Labute approximate surface area is 158 Å². The van der Waals surface area contributed by atoms with Crippen LogP contribution in [0.5, 0.6) is 5.75 Å². The second kappa shape index (κ2) is 6.88. The number of ether oxygens (including phenoxy) is 1. The first-order chi connectivity index (χ1) is 11.0. The standard InChI is InChI=1S/C15H10Br2N2O2S2/c1-21-13-8(16)4-7(5-9(13)17)6-10-12(20)11(14(18)23-10)15-19-2-3-22-15/h2-6,11,18H,1H3/b10-6-,18-14?/t11-/m0/s1. The van der Waals surface area contributed by atoms with E-state index in [1.807, 2.05) is 17.5 Å². The summed E-state index contributed by atoms with van der Waals surface area (Å²) in [6.45, 7) is 0. The van der Waals surface area contributed by atoms with Crippen molar-refractivity contribution in [2.75, 3.05) is 7.11 Å². The van der Waals surface area contributed by atoms with Crippen LogP contribution in [0.2, 0.25) is 0 Å². The van der Waals surface area contributed by atoms with E-state index in [1.54, 1.807) is 19.4 Å². The van der Waals surface area contributed by atoms with Gasteiger partial charge in [0.05, 0.1) is 26.0 Å². The van der Waals surface area contributed by atoms with Crippen molar-refractivity contribution in [3.8, 4) is 5.75 Å². The van der Waals surface area contributed by atoms with E-state index in [2.05, 4.69) is 36.8 Å². The highest BCUT2D eigenvalue weighted by atomic mass is 79.9. The molecule has 1 aromatic heterocycles. The van der Waals surface area contributed by atoms with Crippen LogP contribution in [0.3, 0.4) is 0 Å². The number of thioether (sulfide) groups is 1. The van der Waals surface area contributed by atoms with Gasteiger partial charge in [-0.15, -0.1) is 11.3 Å². The first-order valence-electron chi connectivity index (χ1n) is 6.46. The molecular weight excluding hydrogens is 464 g/mol. The highest BCUT2D eigenvalue weighted by Gasteiger charge is 2.38. The quantitative estimate of drug-likeness (QED) is 0.630. The number of rotatable bonds is 3. The van der Waals surface area contributed by atoms with Crippen LogP contribution in [0.15, 0.2) is 37.6 Å². The zero-order valence-electron chi connectivity index (χ0n) is 11.8. The molecule has 1 aliphatic rings. The van der Waals surface area contributed by atoms with E-state index in [4.69, 9.17) is 10.1 Å². The van der Waals surface area contributed by atoms with Gasteiger partial charge in [-0.05, 0) is 55.6 Å². The number of aromatic nitrogens is 1. The van der Waals surface area contributed by atoms with Crippen LogP contribution in [0.25, 0.3) is 6.08 Å². The molecule has 0 amide bonds. The predicted octanol–water partition coefficient (Wildman–Crippen LogP) is 5.09. The first kappa shape index (κ1) is 16.9. The molecule has 2 heterocycles. The molecule has 0 radical (unpaired) electrons. The summed E-state index contributed by atoms with van der Waals surface area (Å²) >= 11 is 9.50. The summed E-state index contributed by atoms with van der Waals surface area (Å²) in [5.74, 6) is 0.0698. The van der Waals surface area contributed by atoms with Crippen LogP contribution in [-0.4, -0.2) is 22.9 Å². The lowest BCUT2D eigenvalue weighted by atomic mass is 10.1. The van der Waals surface area contributed by atoms with Crippen molar-refractivity contribution in [1.29, 1.82) is 5.41 Å². The number of benzene rings is 1. The molecule has 2 aromatic rings. The van der Waals surface area contributed by atoms with Gasteiger partial charge in [-0.3, -0.25) is 10.2 Å². The maximum absolute atomic E-state index is 12.6. The number of halogens is 2. The average molecular weight is 474 g/mol. The van der Waals surface area contributed by atoms with E-state index >= 15 is 0 Å². The summed E-state index contributed by atoms with van der Waals surface area (Å²) in [5.41, 5.74) is 0.855. The Bertz CT molecular complexity index is 796. The lowest BCUT2D eigenvalue weighted by molar-refractivity contribution is -0.114. The molecule has 1 fully saturated rings. The molecule has 0 aliphatic carbocycles. The number of methoxy groups -OCH3 is 1. The molecule has 8 heteroatoms. The minimum atomic E-state index is -0.559. The zero-order chi connectivity index (χ0) is 16.6. The predicted molar refractivity (Wildman–Crippen MR) is 102 cm³/mol. The monoisotopic (exact) mass is 472 g/mol. The Morgan fingerprint density at radius 2 is 2.04 bits per heavy atom. The Morgan fingerprint density at radius 1 is 1.35 bits per heavy atom. The van der Waals surface area contributed by atoms with Gasteiger partial charge in [-0.25, -0.2) is 4.98 Å². The molecule has 1 saturated heterocycles. The average Bonchev–Trinajstić information content (AvgIpc) is 3.08. The lowest BCUT2D eigenvalue weighted by Crippen LogP contribution is -2.11. The van der Waals surface area contributed by atoms with Crippen molar-refractivity contribution in [3.05, 3.63) is 48.1 Å². The SMILES string of the molecule is COc1c(Br)cc(/C=C2\SC(=N)[C@@H](c3nccs3)C2=O)cc1Br. The van der Waals surface area contributed by atoms with E-state index in [9.17, 15) is 4.79 Å². The second-order valence-corrected chi connectivity index (χ2v) is 8.38. The molecule has 118 valence electrons. The van der Waals surface area contributed by atoms with Gasteiger partial charge in [0.1, 0.15) is 16.7 Å². The van der Waals surface area contributed by atoms with Crippen molar-refractivity contribution in [2.45, 2.75) is 5.92 Å². The molecule has 1 aromatic carbocycles. The van der Waals surface area contributed by atoms with Crippen molar-refractivity contribution < 1.29 is 9.53 Å². The van der Waals surface area contributed by atoms with Crippen molar-refractivity contribution in [2.24, 2.45) is 0 Å². The van der Waals surface area contributed by atoms with Gasteiger partial charge < -0.3 is 4.74 Å². The van der Waals surface area contributed by atoms with E-state index in [1.165, 1.54) is 23.1 Å². The normalized spacial score (nSPS) is 19.6. The summed E-state index contributed by atoms with van der Waals surface area (Å²) in [6.07, 6.45) is 3.45. The minimum absolute atomic E-state index is 0.0713. The van der Waals surface area contributed by atoms with Crippen LogP contribution < -0.4 is 4.74 Å². The third-order valence-electron chi connectivity index (χ3n) is 3.21. The Hall–Kier alpha value is -0.960. The second-order valence-electron chi connectivity index (χ2n) is 4.66. The van der Waals surface area contributed by atoms with Crippen molar-refractivity contribution in [3.63, 3.8) is 0 Å². The number of allylic oxidation sites excluding steroid dienone is 1. The topological polar surface area (TPSA) is 63.0 Å². The molecule has 4 nitrogen and oxygen atoms in total. The Kier molecular flexibility index (Phi) is 5.05. The van der Waals surface area contributed by atoms with Gasteiger partial charge in [0.15, 0.2) is 5.78 Å². The number of ketones is 1. The molecule has 0 bridgehead atoms. The maximum atomic E-state index is 12.6. The molecule has 1 aliphatic heterocycles. The number of Topliss-reactive ketones (excluding diaryl/α,β-unsaturated/α-hetero) is 1. The highest BCUT2D eigenvalue weighted by molar-refractivity contribution is 9.11. The zero-order valence-corrected chi connectivity index (χ0v) is 16.6. The molecule has 0 spiro atoms. The van der Waals surface area contributed by atoms with Crippen LogP contribution >= 0.6 is 55.0 Å². The minimum Gasteiger partial charge on any atom is -0.494 e. The number of thiazole rings is 1. The summed E-state index contributed by atoms with van der Waals surface area (Å²) in [6, 6.07) is 3.76. The van der Waals surface area contributed by atoms with Gasteiger partial charge in [0.25, 0.3) is 0 Å². The van der Waals surface area contributed by atoms with E-state index in [0.717, 1.165) is 14.5 Å². The first-order valence-corrected chi connectivity index (χ1v) is 9.74. The van der Waals surface area contributed by atoms with Crippen LogP contribution in [0.1, 0.15) is 16.5 Å². The number of hydrogen-bond acceptors (Lipinski definition) is 6. The molecule has 23 heavy (non-hydrogen) atoms. The van der Waals surface area contributed by atoms with Crippen molar-refractivity contribution in [1.82, 2.24) is 4.98 Å². The van der Waals surface area contributed by atoms with E-state index in [-0.39, 0.29) is 5.78 Å². The van der Waals surface area contributed by atoms with Crippen molar-refractivity contribution >= 4 is 71.9 Å². The fraction of sp³-hybridized carbons (Fsp3) is 0.133. The number of carbonyl (C=O) groups excluding carboxylic acids is 1. The molecule has 3 rings (SSSR count). The smallest absolute Gasteiger partial charge is 0.186 e. The third-order valence-corrected chi connectivity index (χ3v) is 6.22. The number of nitrogens with zero attached hydrogens (tertiary/aromatic N) is 1. The molecule has 0 unspecified atom stereocenters. The fourth-order valence-corrected chi connectivity index (χ4v) is 5.55. The summed E-state index contributed by atoms with van der Waals surface area (Å²) in [7, 11) is 1.60. The van der Waals surface area contributed by atoms with Gasteiger partial charge in [0.2, 0.25) is 0 Å². The Morgan fingerprint density at radius 3 is 2.61 bits per heavy atom. The highest BCUT2D eigenvalue weighted by Crippen LogP contribution is 2.42. The van der Waals surface area contributed by atoms with Gasteiger partial charge in [-0.2, -0.15) is 0 Å². The molecule has 1 N–H and O–H groups in total. The number of carbonyl (C=O) groups is 1. The third kappa shape index (κ3) is 3.31. The fourth-order valence-electron chi connectivity index (χ4n) is 2.20. The largest absolute Gasteiger partial charge is 0.494 e. The lowest BCUT2D eigenvalue weighted by Gasteiger charge is -2.07. The Balaban J connectivity index is 1.95. The van der Waals surface area contributed by atoms with Crippen LogP contribution in [-0.2, 0) is 4.79 Å². The molecule has 1 atom stereocenters. The van der Waals surface area contributed by atoms with Gasteiger partial charge >= 0.3 is 0 Å².